The number of fused-ring (bicyclic) bond motifs is 2. The smallest absolute Gasteiger partial charge is 0.337 e. The highest BCUT2D eigenvalue weighted by molar-refractivity contribution is 6.08. The van der Waals surface area contributed by atoms with Gasteiger partial charge in [0, 0.05) is 12.0 Å². The van der Waals surface area contributed by atoms with Gasteiger partial charge in [0.2, 0.25) is 0 Å². The zero-order valence-electron chi connectivity index (χ0n) is 16.9. The second-order valence-electron chi connectivity index (χ2n) is 7.33. The van der Waals surface area contributed by atoms with Crippen molar-refractivity contribution in [2.24, 2.45) is 0 Å². The Labute approximate surface area is 178 Å². The molecule has 0 saturated carbocycles. The predicted octanol–water partition coefficient (Wildman–Crippen LogP) is 1.44. The fourth-order valence-electron chi connectivity index (χ4n) is 3.80. The standard InChI is InChI=1S/C22H22N2O7/c1-29-19(26)14-6-8-16(9-7-14)31-13-15(25)12-24-20(27)22(23-21(24)28)10-11-30-18-5-3-2-4-17(18)22/h2-9,15,25H,10-13H2,1H3,(H,23,28). The summed E-state index contributed by atoms with van der Waals surface area (Å²) < 4.78 is 15.8. The third-order valence-electron chi connectivity index (χ3n) is 5.37. The molecule has 0 aliphatic carbocycles. The lowest BCUT2D eigenvalue weighted by Crippen LogP contribution is -2.48. The molecule has 2 unspecified atom stereocenters. The van der Waals surface area contributed by atoms with E-state index in [-0.39, 0.29) is 13.2 Å². The maximum Gasteiger partial charge on any atom is 0.337 e. The van der Waals surface area contributed by atoms with E-state index in [1.165, 1.54) is 19.2 Å². The topological polar surface area (TPSA) is 114 Å². The van der Waals surface area contributed by atoms with Crippen LogP contribution in [0.15, 0.2) is 48.5 Å². The molecule has 4 rings (SSSR count). The second kappa shape index (κ2) is 8.27. The monoisotopic (exact) mass is 426 g/mol. The number of imide groups is 1. The van der Waals surface area contributed by atoms with E-state index in [4.69, 9.17) is 9.47 Å². The van der Waals surface area contributed by atoms with E-state index in [1.54, 1.807) is 36.4 Å². The molecule has 0 aromatic heterocycles. The summed E-state index contributed by atoms with van der Waals surface area (Å²) in [6, 6.07) is 12.8. The maximum atomic E-state index is 13.2. The highest BCUT2D eigenvalue weighted by Gasteiger charge is 2.55. The number of hydrogen-bond acceptors (Lipinski definition) is 7. The van der Waals surface area contributed by atoms with E-state index in [0.29, 0.717) is 35.7 Å². The lowest BCUT2D eigenvalue weighted by molar-refractivity contribution is -0.133. The first-order chi connectivity index (χ1) is 14.9. The largest absolute Gasteiger partial charge is 0.493 e. The molecule has 2 aliphatic heterocycles. The molecule has 2 aromatic carbocycles. The average molecular weight is 426 g/mol. The number of esters is 1. The number of nitrogens with one attached hydrogen (secondary N) is 1. The Kier molecular flexibility index (Phi) is 5.51. The van der Waals surface area contributed by atoms with Crippen molar-refractivity contribution in [2.45, 2.75) is 18.1 Å². The summed E-state index contributed by atoms with van der Waals surface area (Å²) >= 11 is 0. The minimum Gasteiger partial charge on any atom is -0.493 e. The van der Waals surface area contributed by atoms with E-state index in [9.17, 15) is 19.5 Å². The number of rotatable bonds is 6. The quantitative estimate of drug-likeness (QED) is 0.531. The molecule has 9 heteroatoms. The highest BCUT2D eigenvalue weighted by atomic mass is 16.5. The molecule has 0 radical (unpaired) electrons. The van der Waals surface area contributed by atoms with E-state index in [2.05, 4.69) is 10.1 Å². The number of methoxy groups -OCH3 is 1. The summed E-state index contributed by atoms with van der Waals surface area (Å²) in [6.07, 6.45) is -0.787. The summed E-state index contributed by atoms with van der Waals surface area (Å²) in [4.78, 5) is 38.2. The molecule has 0 bridgehead atoms. The number of β-amino-alcohol motifs (C(OH)–C–C–N with tert-alkyl or cyclic N) is 1. The number of benzene rings is 2. The van der Waals surface area contributed by atoms with Gasteiger partial charge in [-0.05, 0) is 30.3 Å². The van der Waals surface area contributed by atoms with Gasteiger partial charge in [-0.1, -0.05) is 18.2 Å². The molecule has 2 aromatic rings. The number of para-hydroxylation sites is 1. The van der Waals surface area contributed by atoms with Gasteiger partial charge in [0.05, 0.1) is 25.8 Å². The van der Waals surface area contributed by atoms with Crippen LogP contribution < -0.4 is 14.8 Å². The third kappa shape index (κ3) is 3.79. The van der Waals surface area contributed by atoms with Crippen LogP contribution in [0, 0.1) is 0 Å². The number of nitrogens with zero attached hydrogens (tertiary/aromatic N) is 1. The number of amides is 3. The summed E-state index contributed by atoms with van der Waals surface area (Å²) in [5.74, 6) is 0.103. The van der Waals surface area contributed by atoms with Crippen LogP contribution in [-0.4, -0.2) is 60.9 Å². The molecule has 2 heterocycles. The number of aliphatic hydroxyl groups is 1. The van der Waals surface area contributed by atoms with Crippen molar-refractivity contribution in [3.05, 3.63) is 59.7 Å². The van der Waals surface area contributed by atoms with Crippen LogP contribution in [0.4, 0.5) is 4.79 Å². The van der Waals surface area contributed by atoms with E-state index in [1.807, 2.05) is 0 Å². The summed E-state index contributed by atoms with van der Waals surface area (Å²) in [5.41, 5.74) is -0.203. The molecule has 1 fully saturated rings. The Hall–Kier alpha value is -3.59. The lowest BCUT2D eigenvalue weighted by Gasteiger charge is -2.33. The first kappa shape index (κ1) is 20.7. The number of urea groups is 1. The minimum atomic E-state index is -1.18. The lowest BCUT2D eigenvalue weighted by atomic mass is 9.84. The fraction of sp³-hybridized carbons (Fsp3) is 0.318. The van der Waals surface area contributed by atoms with Crippen LogP contribution >= 0.6 is 0 Å². The number of carbonyl (C=O) groups excluding carboxylic acids is 3. The molecule has 31 heavy (non-hydrogen) atoms. The van der Waals surface area contributed by atoms with Crippen molar-refractivity contribution in [1.82, 2.24) is 10.2 Å². The van der Waals surface area contributed by atoms with Gasteiger partial charge < -0.3 is 24.6 Å². The third-order valence-corrected chi connectivity index (χ3v) is 5.37. The van der Waals surface area contributed by atoms with Gasteiger partial charge in [-0.3, -0.25) is 9.69 Å². The van der Waals surface area contributed by atoms with Crippen LogP contribution in [-0.2, 0) is 15.1 Å². The van der Waals surface area contributed by atoms with Crippen LogP contribution in [0.3, 0.4) is 0 Å². The van der Waals surface area contributed by atoms with Crippen molar-refractivity contribution < 1.29 is 33.7 Å². The summed E-state index contributed by atoms with van der Waals surface area (Å²) in [7, 11) is 1.29. The van der Waals surface area contributed by atoms with Gasteiger partial charge in [-0.15, -0.1) is 0 Å². The van der Waals surface area contributed by atoms with Gasteiger partial charge in [0.1, 0.15) is 24.2 Å². The molecule has 9 nitrogen and oxygen atoms in total. The number of ether oxygens (including phenoxy) is 3. The van der Waals surface area contributed by atoms with Crippen molar-refractivity contribution in [3.8, 4) is 11.5 Å². The molecule has 2 aliphatic rings. The maximum absolute atomic E-state index is 13.2. The first-order valence-corrected chi connectivity index (χ1v) is 9.80. The Bertz CT molecular complexity index is 1010. The van der Waals surface area contributed by atoms with E-state index < -0.39 is 29.6 Å². The zero-order chi connectivity index (χ0) is 22.0. The average Bonchev–Trinajstić information content (AvgIpc) is 3.02. The van der Waals surface area contributed by atoms with Crippen molar-refractivity contribution >= 4 is 17.9 Å². The molecule has 2 N–H and O–H groups in total. The van der Waals surface area contributed by atoms with Crippen molar-refractivity contribution in [3.63, 3.8) is 0 Å². The Morgan fingerprint density at radius 2 is 1.97 bits per heavy atom. The molecule has 162 valence electrons. The summed E-state index contributed by atoms with van der Waals surface area (Å²) in [6.45, 7) is -0.0544. The first-order valence-electron chi connectivity index (χ1n) is 9.80. The van der Waals surface area contributed by atoms with Gasteiger partial charge >= 0.3 is 12.0 Å². The minimum absolute atomic E-state index is 0.138. The van der Waals surface area contributed by atoms with Crippen LogP contribution in [0.25, 0.3) is 0 Å². The molecule has 3 amide bonds. The van der Waals surface area contributed by atoms with Gasteiger partial charge in [-0.25, -0.2) is 9.59 Å². The second-order valence-corrected chi connectivity index (χ2v) is 7.33. The van der Waals surface area contributed by atoms with E-state index >= 15 is 0 Å². The van der Waals surface area contributed by atoms with Gasteiger partial charge in [-0.2, -0.15) is 0 Å². The highest BCUT2D eigenvalue weighted by Crippen LogP contribution is 2.40. The Morgan fingerprint density at radius 3 is 2.71 bits per heavy atom. The number of hydrogen-bond donors (Lipinski definition) is 2. The van der Waals surface area contributed by atoms with Gasteiger partial charge in [0.25, 0.3) is 5.91 Å². The van der Waals surface area contributed by atoms with Crippen LogP contribution in [0.2, 0.25) is 0 Å². The predicted molar refractivity (Wildman–Crippen MR) is 108 cm³/mol. The molecule has 1 saturated heterocycles. The normalized spacial score (nSPS) is 20.6. The fourth-order valence-corrected chi connectivity index (χ4v) is 3.80. The Balaban J connectivity index is 1.40. The molecular formula is C22H22N2O7. The van der Waals surface area contributed by atoms with Crippen LogP contribution in [0.1, 0.15) is 22.3 Å². The van der Waals surface area contributed by atoms with Gasteiger partial charge in [0.15, 0.2) is 5.54 Å². The van der Waals surface area contributed by atoms with E-state index in [0.717, 1.165) is 4.90 Å². The molecule has 2 atom stereocenters. The SMILES string of the molecule is COC(=O)c1ccc(OCC(O)CN2C(=O)NC3(CCOc4ccccc43)C2=O)cc1. The Morgan fingerprint density at radius 1 is 1.23 bits per heavy atom. The molecular weight excluding hydrogens is 404 g/mol. The van der Waals surface area contributed by atoms with Crippen LogP contribution in [0.5, 0.6) is 11.5 Å². The van der Waals surface area contributed by atoms with Crippen molar-refractivity contribution in [1.29, 1.82) is 0 Å². The number of aliphatic hydroxyl groups excluding tert-OH is 1. The number of carbonyl (C=O) groups is 3. The van der Waals surface area contributed by atoms with Crippen molar-refractivity contribution in [2.75, 3.05) is 26.9 Å². The molecule has 1 spiro atoms. The summed E-state index contributed by atoms with van der Waals surface area (Å²) in [5, 5.41) is 13.2. The zero-order valence-corrected chi connectivity index (χ0v) is 16.9.